The largest absolute Gasteiger partial charge is 0.503 e. The Morgan fingerprint density at radius 1 is 1.00 bits per heavy atom. The smallest absolute Gasteiger partial charge is 0.414 e. The predicted molar refractivity (Wildman–Crippen MR) is 170 cm³/mol. The van der Waals surface area contributed by atoms with Crippen LogP contribution in [-0.4, -0.2) is 73.2 Å². The number of fused-ring (bicyclic) bond motifs is 3. The molecule has 4 aliphatic rings. The molecule has 2 amide bonds. The standard InChI is InChI=1S/C35H35N3O10/c1-20(39)47-25-11-7-10-23-28(25)36-35-26(12-13-27(40)44-2)37(33(43)46-19-21-8-5-4-6-9-21)17-15-34(23,35)24-18-22-14-16-38(32(42)45-3)29(22)30(41)31(24)48-35/h4-11,18,26,36,41H,12-17,19H2,1-3H3/t26-,34+,35-/m0/s1. The van der Waals surface area contributed by atoms with E-state index in [2.05, 4.69) is 5.32 Å². The molecule has 3 atom stereocenters. The van der Waals surface area contributed by atoms with E-state index in [-0.39, 0.29) is 43.2 Å². The molecule has 0 bridgehead atoms. The number of aromatic hydroxyl groups is 1. The van der Waals surface area contributed by atoms with Gasteiger partial charge in [-0.15, -0.1) is 0 Å². The van der Waals surface area contributed by atoms with Gasteiger partial charge in [0, 0.05) is 32.0 Å². The van der Waals surface area contributed by atoms with E-state index in [0.717, 1.165) is 16.7 Å². The van der Waals surface area contributed by atoms with Crippen molar-refractivity contribution in [3.63, 3.8) is 0 Å². The predicted octanol–water partition coefficient (Wildman–Crippen LogP) is 4.61. The van der Waals surface area contributed by atoms with Crippen molar-refractivity contribution in [3.8, 4) is 17.2 Å². The Balaban J connectivity index is 1.39. The van der Waals surface area contributed by atoms with Gasteiger partial charge >= 0.3 is 24.1 Å². The first-order valence-electron chi connectivity index (χ1n) is 15.7. The summed E-state index contributed by atoms with van der Waals surface area (Å²) in [7, 11) is 2.57. The number of amides is 2. The molecule has 0 saturated carbocycles. The molecule has 0 radical (unpaired) electrons. The molecule has 13 nitrogen and oxygen atoms in total. The second-order valence-electron chi connectivity index (χ2n) is 12.2. The van der Waals surface area contributed by atoms with E-state index in [1.807, 2.05) is 42.5 Å². The average molecular weight is 658 g/mol. The van der Waals surface area contributed by atoms with E-state index in [4.69, 9.17) is 23.7 Å². The van der Waals surface area contributed by atoms with Gasteiger partial charge in [-0.25, -0.2) is 9.59 Å². The number of carbonyl (C=O) groups excluding carboxylic acids is 4. The van der Waals surface area contributed by atoms with E-state index in [1.165, 1.54) is 26.0 Å². The third-order valence-electron chi connectivity index (χ3n) is 9.85. The van der Waals surface area contributed by atoms with Crippen LogP contribution in [0, 0.1) is 0 Å². The molecule has 250 valence electrons. The maximum Gasteiger partial charge on any atom is 0.414 e. The van der Waals surface area contributed by atoms with Crippen LogP contribution in [0.2, 0.25) is 0 Å². The minimum atomic E-state index is -1.51. The van der Waals surface area contributed by atoms with Crippen molar-refractivity contribution in [1.82, 2.24) is 4.90 Å². The number of nitrogens with zero attached hydrogens (tertiary/aromatic N) is 2. The molecule has 7 rings (SSSR count). The molecule has 4 aliphatic heterocycles. The number of rotatable bonds is 6. The van der Waals surface area contributed by atoms with E-state index >= 15 is 0 Å². The number of likely N-dealkylation sites (tertiary alicyclic amines) is 1. The van der Waals surface area contributed by atoms with Gasteiger partial charge in [-0.05, 0) is 48.1 Å². The first kappa shape index (κ1) is 31.2. The maximum atomic E-state index is 13.9. The fourth-order valence-electron chi connectivity index (χ4n) is 7.90. The number of anilines is 2. The van der Waals surface area contributed by atoms with Gasteiger partial charge in [0.05, 0.1) is 37.1 Å². The number of phenols is 1. The molecule has 1 fully saturated rings. The lowest BCUT2D eigenvalue weighted by molar-refractivity contribution is -0.142. The maximum absolute atomic E-state index is 13.9. The van der Waals surface area contributed by atoms with Crippen LogP contribution in [-0.2, 0) is 42.2 Å². The van der Waals surface area contributed by atoms with Crippen molar-refractivity contribution < 1.29 is 48.0 Å². The zero-order chi connectivity index (χ0) is 33.8. The normalized spacial score (nSPS) is 22.6. The van der Waals surface area contributed by atoms with Crippen LogP contribution in [0.1, 0.15) is 48.4 Å². The summed E-state index contributed by atoms with van der Waals surface area (Å²) in [5, 5.41) is 15.3. The first-order valence-corrected chi connectivity index (χ1v) is 15.7. The van der Waals surface area contributed by atoms with Crippen LogP contribution >= 0.6 is 0 Å². The number of phenolic OH excluding ortho intramolecular Hbond substituents is 1. The summed E-state index contributed by atoms with van der Waals surface area (Å²) < 4.78 is 28.3. The number of methoxy groups -OCH3 is 2. The van der Waals surface area contributed by atoms with Gasteiger partial charge < -0.3 is 34.1 Å². The Bertz CT molecular complexity index is 1830. The highest BCUT2D eigenvalue weighted by Gasteiger charge is 2.73. The van der Waals surface area contributed by atoms with Gasteiger partial charge in [-0.3, -0.25) is 19.4 Å². The number of benzene rings is 3. The van der Waals surface area contributed by atoms with Crippen molar-refractivity contribution in [1.29, 1.82) is 0 Å². The topological polar surface area (TPSA) is 153 Å². The number of piperidine rings is 1. The fourth-order valence-corrected chi connectivity index (χ4v) is 7.90. The average Bonchev–Trinajstić information content (AvgIpc) is 3.74. The van der Waals surface area contributed by atoms with Crippen molar-refractivity contribution in [2.24, 2.45) is 0 Å². The Morgan fingerprint density at radius 2 is 1.79 bits per heavy atom. The molecule has 0 aliphatic carbocycles. The summed E-state index contributed by atoms with van der Waals surface area (Å²) in [6.07, 6.45) is -0.411. The number of carbonyl (C=O) groups is 4. The second kappa shape index (κ2) is 11.7. The zero-order valence-electron chi connectivity index (χ0n) is 26.7. The molecule has 3 aromatic carbocycles. The lowest BCUT2D eigenvalue weighted by atomic mass is 9.63. The lowest BCUT2D eigenvalue weighted by Crippen LogP contribution is -2.71. The molecule has 4 heterocycles. The summed E-state index contributed by atoms with van der Waals surface area (Å²) in [6, 6.07) is 15.7. The monoisotopic (exact) mass is 657 g/mol. The number of ether oxygens (including phenoxy) is 5. The summed E-state index contributed by atoms with van der Waals surface area (Å²) in [4.78, 5) is 54.3. The van der Waals surface area contributed by atoms with Crippen molar-refractivity contribution in [2.75, 3.05) is 37.5 Å². The molecule has 0 aromatic heterocycles. The highest BCUT2D eigenvalue weighted by Crippen LogP contribution is 2.68. The van der Waals surface area contributed by atoms with Crippen LogP contribution in [0.25, 0.3) is 0 Å². The summed E-state index contributed by atoms with van der Waals surface area (Å²) in [6.45, 7) is 1.85. The first-order chi connectivity index (χ1) is 23.1. The van der Waals surface area contributed by atoms with Crippen molar-refractivity contribution >= 4 is 35.5 Å². The highest BCUT2D eigenvalue weighted by atomic mass is 16.6. The number of esters is 2. The molecular formula is C35H35N3O10. The molecule has 48 heavy (non-hydrogen) atoms. The minimum Gasteiger partial charge on any atom is -0.503 e. The van der Waals surface area contributed by atoms with Gasteiger partial charge in [-0.2, -0.15) is 0 Å². The lowest BCUT2D eigenvalue weighted by Gasteiger charge is -2.52. The summed E-state index contributed by atoms with van der Waals surface area (Å²) in [5.74, 6) is -0.823. The number of para-hydroxylation sites is 1. The van der Waals surface area contributed by atoms with Crippen molar-refractivity contribution in [2.45, 2.75) is 56.4 Å². The van der Waals surface area contributed by atoms with Crippen LogP contribution in [0.4, 0.5) is 21.0 Å². The summed E-state index contributed by atoms with van der Waals surface area (Å²) in [5.41, 5.74) is 1.18. The number of hydrogen-bond donors (Lipinski definition) is 2. The van der Waals surface area contributed by atoms with Crippen LogP contribution in [0.5, 0.6) is 17.2 Å². The number of hydrogen-bond acceptors (Lipinski definition) is 11. The zero-order valence-corrected chi connectivity index (χ0v) is 26.7. The SMILES string of the molecule is COC(=O)CC[C@@H]1N(C(=O)OCc2ccccc2)CC[C@]23c4cccc(OC(C)=O)c4N[C@]12Oc1c3cc2c(c1O)N(C(=O)OC)CC2. The van der Waals surface area contributed by atoms with Crippen LogP contribution in [0.15, 0.2) is 54.6 Å². The summed E-state index contributed by atoms with van der Waals surface area (Å²) >= 11 is 0. The van der Waals surface area contributed by atoms with Crippen molar-refractivity contribution in [3.05, 3.63) is 76.9 Å². The Labute approximate surface area is 276 Å². The minimum absolute atomic E-state index is 0.0280. The van der Waals surface area contributed by atoms with E-state index in [9.17, 15) is 24.3 Å². The number of nitrogens with one attached hydrogen (secondary N) is 1. The van der Waals surface area contributed by atoms with Gasteiger partial charge in [0.2, 0.25) is 5.72 Å². The Kier molecular flexibility index (Phi) is 7.56. The molecule has 0 spiro atoms. The van der Waals surface area contributed by atoms with Gasteiger partial charge in [0.25, 0.3) is 0 Å². The van der Waals surface area contributed by atoms with Crippen LogP contribution < -0.4 is 19.7 Å². The molecule has 3 aromatic rings. The molecular weight excluding hydrogens is 622 g/mol. The van der Waals surface area contributed by atoms with Gasteiger partial charge in [-0.1, -0.05) is 42.5 Å². The van der Waals surface area contributed by atoms with Gasteiger partial charge in [0.15, 0.2) is 17.2 Å². The second-order valence-corrected chi connectivity index (χ2v) is 12.2. The van der Waals surface area contributed by atoms with E-state index < -0.39 is 41.3 Å². The molecule has 0 unspecified atom stereocenters. The quantitative estimate of drug-likeness (QED) is 0.217. The van der Waals surface area contributed by atoms with Crippen LogP contribution in [0.3, 0.4) is 0 Å². The molecule has 1 saturated heterocycles. The highest BCUT2D eigenvalue weighted by molar-refractivity contribution is 5.95. The van der Waals surface area contributed by atoms with E-state index in [1.54, 1.807) is 17.0 Å². The Morgan fingerprint density at radius 3 is 2.52 bits per heavy atom. The molecule has 13 heteroatoms. The molecule has 2 N–H and O–H groups in total. The third-order valence-corrected chi connectivity index (χ3v) is 9.85. The fraction of sp³-hybridized carbons (Fsp3) is 0.371. The van der Waals surface area contributed by atoms with E-state index in [0.29, 0.717) is 36.3 Å². The van der Waals surface area contributed by atoms with Gasteiger partial charge in [0.1, 0.15) is 6.61 Å². The third kappa shape index (κ3) is 4.51. The Hall–Kier alpha value is -5.46.